The molecule has 2 saturated heterocycles. The van der Waals surface area contributed by atoms with E-state index < -0.39 is 4.75 Å². The minimum Gasteiger partial charge on any atom is -0.445 e. The Kier molecular flexibility index (Phi) is 7.99. The van der Waals surface area contributed by atoms with E-state index in [2.05, 4.69) is 84.7 Å². The third kappa shape index (κ3) is 5.27. The summed E-state index contributed by atoms with van der Waals surface area (Å²) < 4.78 is 4.97. The van der Waals surface area contributed by atoms with Gasteiger partial charge in [-0.15, -0.1) is 11.8 Å². The molecule has 2 atom stereocenters. The Balaban J connectivity index is 1.56. The number of hydrogen-bond acceptors (Lipinski definition) is 4. The summed E-state index contributed by atoms with van der Waals surface area (Å²) in [4.78, 5) is 27.2. The van der Waals surface area contributed by atoms with Crippen molar-refractivity contribution in [3.63, 3.8) is 0 Å². The molecule has 2 amide bonds. The van der Waals surface area contributed by atoms with Gasteiger partial charge in [-0.1, -0.05) is 110 Å². The van der Waals surface area contributed by atoms with Gasteiger partial charge in [-0.2, -0.15) is 0 Å². The number of rotatable bonds is 8. The van der Waals surface area contributed by atoms with Crippen molar-refractivity contribution in [2.24, 2.45) is 0 Å². The summed E-state index contributed by atoms with van der Waals surface area (Å²) in [5.41, 5.74) is 4.28. The van der Waals surface area contributed by atoms with Gasteiger partial charge in [-0.25, -0.2) is 4.79 Å². The summed E-state index contributed by atoms with van der Waals surface area (Å²) in [6, 6.07) is 31.5. The van der Waals surface area contributed by atoms with E-state index in [0.29, 0.717) is 19.5 Å². The number of carbonyl (C=O) groups is 2. The average Bonchev–Trinajstić information content (AvgIpc) is 3.57. The van der Waals surface area contributed by atoms with E-state index in [0.717, 1.165) is 12.0 Å². The topological polar surface area (TPSA) is 58.6 Å². The molecule has 0 saturated carbocycles. The second-order valence-corrected chi connectivity index (χ2v) is 11.1. The third-order valence-electron chi connectivity index (χ3n) is 7.11. The number of carbonyl (C=O) groups excluding carboxylic acids is 2. The number of amides is 2. The Morgan fingerprint density at radius 2 is 1.53 bits per heavy atom. The first-order chi connectivity index (χ1) is 18.6. The fourth-order valence-corrected chi connectivity index (χ4v) is 7.24. The molecule has 38 heavy (non-hydrogen) atoms. The maximum absolute atomic E-state index is 13.1. The molecular weight excluding hydrogens is 492 g/mol. The average molecular weight is 525 g/mol. The highest BCUT2D eigenvalue weighted by Crippen LogP contribution is 2.52. The van der Waals surface area contributed by atoms with Gasteiger partial charge in [0.2, 0.25) is 5.91 Å². The van der Waals surface area contributed by atoms with Crippen LogP contribution in [-0.4, -0.2) is 47.9 Å². The summed E-state index contributed by atoms with van der Waals surface area (Å²) >= 11 is 1.87. The van der Waals surface area contributed by atoms with Crippen LogP contribution < -0.4 is 5.32 Å². The number of benzene rings is 3. The summed E-state index contributed by atoms with van der Waals surface area (Å²) in [7, 11) is 0. The van der Waals surface area contributed by atoms with Crippen molar-refractivity contribution >= 4 is 23.8 Å². The van der Waals surface area contributed by atoms with Crippen LogP contribution in [0, 0.1) is 0 Å². The van der Waals surface area contributed by atoms with Crippen molar-refractivity contribution in [3.05, 3.63) is 132 Å². The van der Waals surface area contributed by atoms with Gasteiger partial charge in [0.15, 0.2) is 0 Å². The van der Waals surface area contributed by atoms with Gasteiger partial charge in [0.1, 0.15) is 6.61 Å². The number of hydrogen-bond donors (Lipinski definition) is 1. The molecule has 0 bridgehead atoms. The Morgan fingerprint density at radius 3 is 2.00 bits per heavy atom. The van der Waals surface area contributed by atoms with Crippen LogP contribution in [0.4, 0.5) is 4.79 Å². The summed E-state index contributed by atoms with van der Waals surface area (Å²) in [6.45, 7) is 4.98. The first-order valence-electron chi connectivity index (χ1n) is 13.0. The van der Waals surface area contributed by atoms with E-state index in [4.69, 9.17) is 4.74 Å². The maximum Gasteiger partial charge on any atom is 0.410 e. The van der Waals surface area contributed by atoms with Gasteiger partial charge in [-0.3, -0.25) is 4.79 Å². The standard InChI is InChI=1S/C32H32N2O3S/c1-2-20-37-31(36)34-23-29(22-28(34)21-24-18-19-33-30(24)35)38-32(25-12-6-3-7-13-25,26-14-8-4-9-15-26)27-16-10-5-11-17-27/h2-17,21,28-29H,1,18-20,22-23H2,(H,33,35)/b24-21+/t28-,29+/m1/s1. The molecule has 2 aliphatic rings. The van der Waals surface area contributed by atoms with E-state index in [9.17, 15) is 9.59 Å². The van der Waals surface area contributed by atoms with Crippen LogP contribution in [0.15, 0.2) is 115 Å². The van der Waals surface area contributed by atoms with Gasteiger partial charge in [0.05, 0.1) is 10.8 Å². The van der Waals surface area contributed by atoms with E-state index in [1.807, 2.05) is 36.0 Å². The molecule has 5 rings (SSSR count). The molecule has 0 aromatic heterocycles. The molecular formula is C32H32N2O3S. The highest BCUT2D eigenvalue weighted by molar-refractivity contribution is 8.01. The van der Waals surface area contributed by atoms with Gasteiger partial charge < -0.3 is 15.0 Å². The lowest BCUT2D eigenvalue weighted by Crippen LogP contribution is -2.36. The van der Waals surface area contributed by atoms with Crippen molar-refractivity contribution in [1.29, 1.82) is 0 Å². The molecule has 1 N–H and O–H groups in total. The molecule has 6 heteroatoms. The molecule has 5 nitrogen and oxygen atoms in total. The smallest absolute Gasteiger partial charge is 0.410 e. The number of nitrogens with zero attached hydrogens (tertiary/aromatic N) is 1. The third-order valence-corrected chi connectivity index (χ3v) is 8.85. The van der Waals surface area contributed by atoms with Crippen LogP contribution in [0.2, 0.25) is 0 Å². The van der Waals surface area contributed by atoms with Crippen molar-refractivity contribution in [2.45, 2.75) is 28.9 Å². The fourth-order valence-electron chi connectivity index (χ4n) is 5.39. The minimum absolute atomic E-state index is 0.0484. The molecule has 3 aromatic rings. The lowest BCUT2D eigenvalue weighted by atomic mass is 9.84. The Hall–Kier alpha value is -3.77. The zero-order valence-corrected chi connectivity index (χ0v) is 22.1. The van der Waals surface area contributed by atoms with Gasteiger partial charge in [0.25, 0.3) is 0 Å². The molecule has 2 fully saturated rings. The largest absolute Gasteiger partial charge is 0.445 e. The maximum atomic E-state index is 13.1. The summed E-state index contributed by atoms with van der Waals surface area (Å²) in [5.74, 6) is -0.0484. The van der Waals surface area contributed by atoms with Crippen LogP contribution in [0.5, 0.6) is 0 Å². The number of nitrogens with one attached hydrogen (secondary N) is 1. The van der Waals surface area contributed by atoms with Crippen molar-refractivity contribution in [3.8, 4) is 0 Å². The summed E-state index contributed by atoms with van der Waals surface area (Å²) in [6.07, 6.45) is 4.55. The SMILES string of the molecule is C=CCOC(=O)N1C[C@@H](SC(c2ccccc2)(c2ccccc2)c2ccccc2)C[C@H]1/C=C1\CCNC1=O. The van der Waals surface area contributed by atoms with Gasteiger partial charge in [0, 0.05) is 23.9 Å². The minimum atomic E-state index is -0.488. The molecule has 0 aliphatic carbocycles. The van der Waals surface area contributed by atoms with Crippen molar-refractivity contribution in [2.75, 3.05) is 19.7 Å². The van der Waals surface area contributed by atoms with Crippen molar-refractivity contribution < 1.29 is 14.3 Å². The van der Waals surface area contributed by atoms with E-state index in [-0.39, 0.29) is 29.9 Å². The first-order valence-corrected chi connectivity index (χ1v) is 13.9. The second kappa shape index (κ2) is 11.7. The summed E-state index contributed by atoms with van der Waals surface area (Å²) in [5, 5.41) is 2.97. The Labute approximate surface area is 228 Å². The van der Waals surface area contributed by atoms with Crippen molar-refractivity contribution in [1.82, 2.24) is 10.2 Å². The Morgan fingerprint density at radius 1 is 0.974 bits per heavy atom. The molecule has 2 heterocycles. The second-order valence-electron chi connectivity index (χ2n) is 9.54. The van der Waals surface area contributed by atoms with Crippen LogP contribution in [0.3, 0.4) is 0 Å². The molecule has 0 radical (unpaired) electrons. The number of thioether (sulfide) groups is 1. The van der Waals surface area contributed by atoms with Gasteiger partial charge in [-0.05, 0) is 29.5 Å². The van der Waals surface area contributed by atoms with E-state index >= 15 is 0 Å². The molecule has 3 aromatic carbocycles. The lowest BCUT2D eigenvalue weighted by molar-refractivity contribution is -0.116. The fraction of sp³-hybridized carbons (Fsp3) is 0.250. The van der Waals surface area contributed by atoms with E-state index in [1.165, 1.54) is 16.7 Å². The number of likely N-dealkylation sites (tertiary alicyclic amines) is 1. The highest BCUT2D eigenvalue weighted by atomic mass is 32.2. The number of ether oxygens (including phenoxy) is 1. The Bertz CT molecular complexity index is 1200. The van der Waals surface area contributed by atoms with Crippen LogP contribution >= 0.6 is 11.8 Å². The molecule has 0 unspecified atom stereocenters. The lowest BCUT2D eigenvalue weighted by Gasteiger charge is -2.37. The predicted octanol–water partition coefficient (Wildman–Crippen LogP) is 5.92. The van der Waals surface area contributed by atoms with Crippen LogP contribution in [-0.2, 0) is 14.3 Å². The highest BCUT2D eigenvalue weighted by Gasteiger charge is 2.44. The van der Waals surface area contributed by atoms with E-state index in [1.54, 1.807) is 11.0 Å². The quantitative estimate of drug-likeness (QED) is 0.226. The normalized spacial score (nSPS) is 20.4. The zero-order valence-electron chi connectivity index (χ0n) is 21.3. The monoisotopic (exact) mass is 524 g/mol. The van der Waals surface area contributed by atoms with Crippen LogP contribution in [0.1, 0.15) is 29.5 Å². The zero-order chi connectivity index (χ0) is 26.4. The predicted molar refractivity (Wildman–Crippen MR) is 153 cm³/mol. The van der Waals surface area contributed by atoms with Gasteiger partial charge >= 0.3 is 6.09 Å². The van der Waals surface area contributed by atoms with Crippen LogP contribution in [0.25, 0.3) is 0 Å². The first kappa shape index (κ1) is 25.9. The molecule has 2 aliphatic heterocycles. The molecule has 0 spiro atoms. The molecule has 194 valence electrons.